The van der Waals surface area contributed by atoms with Gasteiger partial charge in [0.2, 0.25) is 0 Å². The van der Waals surface area contributed by atoms with E-state index in [1.54, 1.807) is 29.3 Å². The molecule has 1 aliphatic rings. The number of nitrogens with two attached hydrogens (primary N) is 1. The van der Waals surface area contributed by atoms with Crippen molar-refractivity contribution in [3.8, 4) is 11.3 Å². The first-order chi connectivity index (χ1) is 14.5. The number of rotatable bonds is 3. The maximum Gasteiger partial charge on any atom is 0.321 e. The van der Waals surface area contributed by atoms with Crippen molar-refractivity contribution in [2.24, 2.45) is 0 Å². The summed E-state index contributed by atoms with van der Waals surface area (Å²) in [5.74, 6) is 0.943. The normalized spacial score (nSPS) is 13.9. The van der Waals surface area contributed by atoms with Gasteiger partial charge in [0, 0.05) is 37.4 Å². The molecule has 7 nitrogen and oxygen atoms in total. The highest BCUT2D eigenvalue weighted by molar-refractivity contribution is 6.43. The van der Waals surface area contributed by atoms with Crippen LogP contribution in [-0.4, -0.2) is 47.1 Å². The first kappa shape index (κ1) is 20.3. The van der Waals surface area contributed by atoms with E-state index in [-0.39, 0.29) is 11.8 Å². The molecule has 30 heavy (non-hydrogen) atoms. The third-order valence-corrected chi connectivity index (χ3v) is 5.73. The van der Waals surface area contributed by atoms with Gasteiger partial charge in [-0.2, -0.15) is 0 Å². The number of nitrogen functional groups attached to an aromatic ring is 1. The van der Waals surface area contributed by atoms with E-state index in [1.807, 2.05) is 30.3 Å². The minimum Gasteiger partial charge on any atom is -0.382 e. The van der Waals surface area contributed by atoms with Crippen LogP contribution in [0.15, 0.2) is 54.7 Å². The smallest absolute Gasteiger partial charge is 0.321 e. The molecule has 1 aromatic heterocycles. The number of para-hydroxylation sites is 1. The zero-order chi connectivity index (χ0) is 21.1. The molecule has 1 aliphatic heterocycles. The second kappa shape index (κ2) is 8.77. The van der Waals surface area contributed by atoms with Gasteiger partial charge in [0.05, 0.1) is 16.2 Å². The molecule has 2 aromatic carbocycles. The molecule has 3 N–H and O–H groups in total. The Morgan fingerprint density at radius 2 is 1.73 bits per heavy atom. The molecule has 2 amide bonds. The lowest BCUT2D eigenvalue weighted by molar-refractivity contribution is 0.208. The standard InChI is InChI=1S/C21H20Cl2N6O/c22-16-8-4-7-15(18(16)23)19-20(24)27-17(13-25-19)28-9-11-29(12-10-28)21(30)26-14-5-2-1-3-6-14/h1-8,13H,9-12H2,(H2,24,27)(H,26,30). The Kier molecular flexibility index (Phi) is 5.92. The first-order valence-electron chi connectivity index (χ1n) is 9.46. The van der Waals surface area contributed by atoms with Gasteiger partial charge in [0.25, 0.3) is 0 Å². The van der Waals surface area contributed by atoms with E-state index in [1.165, 1.54) is 0 Å². The van der Waals surface area contributed by atoms with Gasteiger partial charge < -0.3 is 20.9 Å². The Bertz CT molecular complexity index is 1050. The molecule has 9 heteroatoms. The number of piperazine rings is 1. The Labute approximate surface area is 184 Å². The largest absolute Gasteiger partial charge is 0.382 e. The van der Waals surface area contributed by atoms with Crippen LogP contribution in [0.25, 0.3) is 11.3 Å². The van der Waals surface area contributed by atoms with Gasteiger partial charge >= 0.3 is 6.03 Å². The molecule has 0 spiro atoms. The number of hydrogen-bond donors (Lipinski definition) is 2. The zero-order valence-corrected chi connectivity index (χ0v) is 17.6. The lowest BCUT2D eigenvalue weighted by Gasteiger charge is -2.35. The zero-order valence-electron chi connectivity index (χ0n) is 16.1. The van der Waals surface area contributed by atoms with Gasteiger partial charge in [-0.3, -0.25) is 0 Å². The maximum absolute atomic E-state index is 12.5. The summed E-state index contributed by atoms with van der Waals surface area (Å²) in [5.41, 5.74) is 8.08. The van der Waals surface area contributed by atoms with E-state index < -0.39 is 0 Å². The molecule has 1 fully saturated rings. The van der Waals surface area contributed by atoms with Crippen LogP contribution in [-0.2, 0) is 0 Å². The van der Waals surface area contributed by atoms with Crippen LogP contribution < -0.4 is 16.0 Å². The predicted molar refractivity (Wildman–Crippen MR) is 121 cm³/mol. The highest BCUT2D eigenvalue weighted by Gasteiger charge is 2.23. The lowest BCUT2D eigenvalue weighted by atomic mass is 10.1. The van der Waals surface area contributed by atoms with Crippen LogP contribution in [0.1, 0.15) is 0 Å². The van der Waals surface area contributed by atoms with Crippen LogP contribution in [0.5, 0.6) is 0 Å². The molecular weight excluding hydrogens is 423 g/mol. The van der Waals surface area contributed by atoms with E-state index in [2.05, 4.69) is 20.2 Å². The van der Waals surface area contributed by atoms with Gasteiger partial charge in [-0.25, -0.2) is 14.8 Å². The molecule has 4 rings (SSSR count). The van der Waals surface area contributed by atoms with E-state index in [4.69, 9.17) is 28.9 Å². The molecule has 0 atom stereocenters. The summed E-state index contributed by atoms with van der Waals surface area (Å²) < 4.78 is 0. The van der Waals surface area contributed by atoms with Crippen molar-refractivity contribution < 1.29 is 4.79 Å². The number of nitrogens with one attached hydrogen (secondary N) is 1. The van der Waals surface area contributed by atoms with Crippen molar-refractivity contribution in [2.75, 3.05) is 42.1 Å². The fraction of sp³-hybridized carbons (Fsp3) is 0.190. The molecule has 154 valence electrons. The summed E-state index contributed by atoms with van der Waals surface area (Å²) >= 11 is 12.4. The van der Waals surface area contributed by atoms with Crippen LogP contribution in [0, 0.1) is 0 Å². The highest BCUT2D eigenvalue weighted by atomic mass is 35.5. The molecule has 3 aromatic rings. The Balaban J connectivity index is 1.42. The Morgan fingerprint density at radius 1 is 1.00 bits per heavy atom. The monoisotopic (exact) mass is 442 g/mol. The third kappa shape index (κ3) is 4.27. The maximum atomic E-state index is 12.5. The summed E-state index contributed by atoms with van der Waals surface area (Å²) in [6.45, 7) is 2.41. The van der Waals surface area contributed by atoms with Crippen LogP contribution in [0.2, 0.25) is 10.0 Å². The number of carbonyl (C=O) groups is 1. The van der Waals surface area contributed by atoms with E-state index in [0.29, 0.717) is 53.3 Å². The number of nitrogens with zero attached hydrogens (tertiary/aromatic N) is 4. The van der Waals surface area contributed by atoms with Gasteiger partial charge in [0.1, 0.15) is 11.5 Å². The van der Waals surface area contributed by atoms with Gasteiger partial charge in [-0.05, 0) is 18.2 Å². The molecule has 1 saturated heterocycles. The van der Waals surface area contributed by atoms with Gasteiger partial charge in [-0.15, -0.1) is 0 Å². The summed E-state index contributed by atoms with van der Waals surface area (Å²) in [6.07, 6.45) is 1.67. The van der Waals surface area contributed by atoms with Crippen molar-refractivity contribution in [3.05, 3.63) is 64.8 Å². The second-order valence-corrected chi connectivity index (χ2v) is 7.62. The molecule has 0 bridgehead atoms. The third-order valence-electron chi connectivity index (χ3n) is 4.91. The molecular formula is C21H20Cl2N6O. The van der Waals surface area contributed by atoms with Crippen molar-refractivity contribution in [1.82, 2.24) is 14.9 Å². The summed E-state index contributed by atoms with van der Waals surface area (Å²) in [6, 6.07) is 14.6. The average Bonchev–Trinajstić information content (AvgIpc) is 2.77. The number of halogens is 2. The molecule has 0 unspecified atom stereocenters. The number of amides is 2. The number of urea groups is 1. The van der Waals surface area contributed by atoms with E-state index >= 15 is 0 Å². The minimum atomic E-state index is -0.114. The van der Waals surface area contributed by atoms with Crippen molar-refractivity contribution in [1.29, 1.82) is 0 Å². The number of carbonyl (C=O) groups excluding carboxylic acids is 1. The number of aromatic nitrogens is 2. The predicted octanol–water partition coefficient (Wildman–Crippen LogP) is 4.39. The molecule has 0 saturated carbocycles. The Morgan fingerprint density at radius 3 is 2.43 bits per heavy atom. The molecule has 0 radical (unpaired) electrons. The van der Waals surface area contributed by atoms with Gasteiger partial charge in [0.15, 0.2) is 5.82 Å². The fourth-order valence-electron chi connectivity index (χ4n) is 3.30. The summed E-state index contributed by atoms with van der Waals surface area (Å²) in [5, 5.41) is 3.74. The highest BCUT2D eigenvalue weighted by Crippen LogP contribution is 2.35. The lowest BCUT2D eigenvalue weighted by Crippen LogP contribution is -2.50. The van der Waals surface area contributed by atoms with E-state index in [0.717, 1.165) is 5.69 Å². The van der Waals surface area contributed by atoms with Crippen LogP contribution in [0.3, 0.4) is 0 Å². The number of anilines is 3. The quantitative estimate of drug-likeness (QED) is 0.627. The van der Waals surface area contributed by atoms with Crippen molar-refractivity contribution in [3.63, 3.8) is 0 Å². The average molecular weight is 443 g/mol. The Hall–Kier alpha value is -3.03. The summed E-state index contributed by atoms with van der Waals surface area (Å²) in [7, 11) is 0. The van der Waals surface area contributed by atoms with Crippen LogP contribution >= 0.6 is 23.2 Å². The SMILES string of the molecule is Nc1nc(N2CCN(C(=O)Nc3ccccc3)CC2)cnc1-c1cccc(Cl)c1Cl. The number of benzene rings is 2. The van der Waals surface area contributed by atoms with E-state index in [9.17, 15) is 4.79 Å². The molecule has 0 aliphatic carbocycles. The minimum absolute atomic E-state index is 0.114. The van der Waals surface area contributed by atoms with Crippen molar-refractivity contribution in [2.45, 2.75) is 0 Å². The van der Waals surface area contributed by atoms with Crippen LogP contribution in [0.4, 0.5) is 22.1 Å². The fourth-order valence-corrected chi connectivity index (χ4v) is 3.69. The summed E-state index contributed by atoms with van der Waals surface area (Å²) in [4.78, 5) is 25.3. The number of hydrogen-bond acceptors (Lipinski definition) is 5. The molecule has 2 heterocycles. The van der Waals surface area contributed by atoms with Gasteiger partial charge in [-0.1, -0.05) is 53.5 Å². The first-order valence-corrected chi connectivity index (χ1v) is 10.2. The second-order valence-electron chi connectivity index (χ2n) is 6.83. The topological polar surface area (TPSA) is 87.4 Å². The van der Waals surface area contributed by atoms with Crippen molar-refractivity contribution >= 4 is 46.6 Å².